The Bertz CT molecular complexity index is 781. The summed E-state index contributed by atoms with van der Waals surface area (Å²) in [6.45, 7) is 8.26. The maximum absolute atomic E-state index is 13.1. The molecule has 3 aliphatic rings. The molecule has 4 rings (SSSR count). The van der Waals surface area contributed by atoms with Gasteiger partial charge in [-0.1, -0.05) is 34.1 Å². The molecule has 1 aromatic carbocycles. The van der Waals surface area contributed by atoms with Crippen LogP contribution in [0.4, 0.5) is 0 Å². The highest BCUT2D eigenvalue weighted by Gasteiger charge is 2.70. The zero-order valence-electron chi connectivity index (χ0n) is 16.1. The van der Waals surface area contributed by atoms with Gasteiger partial charge >= 0.3 is 5.97 Å². The predicted molar refractivity (Wildman–Crippen MR) is 96.3 cm³/mol. The van der Waals surface area contributed by atoms with E-state index in [1.165, 1.54) is 0 Å². The molecule has 2 fully saturated rings. The second kappa shape index (κ2) is 5.38. The van der Waals surface area contributed by atoms with Gasteiger partial charge in [-0.3, -0.25) is 4.79 Å². The van der Waals surface area contributed by atoms with Crippen LogP contribution >= 0.6 is 0 Å². The zero-order chi connectivity index (χ0) is 19.0. The summed E-state index contributed by atoms with van der Waals surface area (Å²) >= 11 is 0. The van der Waals surface area contributed by atoms with Gasteiger partial charge < -0.3 is 19.7 Å². The van der Waals surface area contributed by atoms with Gasteiger partial charge in [0.25, 0.3) is 0 Å². The van der Waals surface area contributed by atoms with Crippen molar-refractivity contribution in [1.82, 2.24) is 0 Å². The number of ether oxygens (including phenoxy) is 2. The van der Waals surface area contributed by atoms with Crippen LogP contribution < -0.4 is 0 Å². The molecule has 4 atom stereocenters. The Hall–Kier alpha value is -1.75. The van der Waals surface area contributed by atoms with E-state index in [0.717, 1.165) is 18.4 Å². The van der Waals surface area contributed by atoms with Crippen LogP contribution in [0.15, 0.2) is 6.07 Å². The van der Waals surface area contributed by atoms with Crippen LogP contribution in [0, 0.1) is 11.3 Å². The highest BCUT2D eigenvalue weighted by molar-refractivity contribution is 5.90. The van der Waals surface area contributed by atoms with E-state index < -0.39 is 11.5 Å². The Labute approximate surface area is 154 Å². The second-order valence-corrected chi connectivity index (χ2v) is 9.10. The Morgan fingerprint density at radius 2 is 1.92 bits per heavy atom. The van der Waals surface area contributed by atoms with E-state index in [0.29, 0.717) is 17.5 Å². The van der Waals surface area contributed by atoms with Crippen molar-refractivity contribution in [2.45, 2.75) is 70.5 Å². The van der Waals surface area contributed by atoms with Crippen LogP contribution in [0.2, 0.25) is 0 Å². The van der Waals surface area contributed by atoms with Gasteiger partial charge in [-0.15, -0.1) is 0 Å². The molecule has 1 heterocycles. The van der Waals surface area contributed by atoms with E-state index in [2.05, 4.69) is 13.8 Å². The number of carbonyl (C=O) groups is 1. The molecule has 0 radical (unpaired) electrons. The van der Waals surface area contributed by atoms with Crippen molar-refractivity contribution in [1.29, 1.82) is 0 Å². The molecule has 1 aromatic rings. The first-order valence-electron chi connectivity index (χ1n) is 9.50. The molecule has 0 amide bonds. The fourth-order valence-corrected chi connectivity index (χ4v) is 5.94. The minimum atomic E-state index is -0.895. The second-order valence-electron chi connectivity index (χ2n) is 9.10. The number of benzene rings is 1. The number of phenols is 2. The van der Waals surface area contributed by atoms with Gasteiger partial charge in [-0.25, -0.2) is 0 Å². The summed E-state index contributed by atoms with van der Waals surface area (Å²) in [6.07, 6.45) is 1.72. The lowest BCUT2D eigenvalue weighted by Gasteiger charge is -2.52. The van der Waals surface area contributed by atoms with Crippen molar-refractivity contribution in [2.24, 2.45) is 11.3 Å². The lowest BCUT2D eigenvalue weighted by atomic mass is 9.49. The van der Waals surface area contributed by atoms with Crippen LogP contribution in [-0.4, -0.2) is 29.4 Å². The summed E-state index contributed by atoms with van der Waals surface area (Å²) in [5, 5.41) is 21.7. The highest BCUT2D eigenvalue weighted by Crippen LogP contribution is 2.67. The molecule has 1 saturated carbocycles. The molecule has 1 unspecified atom stereocenters. The highest BCUT2D eigenvalue weighted by atomic mass is 16.6. The van der Waals surface area contributed by atoms with E-state index in [1.807, 2.05) is 19.9 Å². The number of methoxy groups -OCH3 is 1. The number of esters is 1. The fraction of sp³-hybridized carbons (Fsp3) is 0.667. The molecule has 0 spiro atoms. The van der Waals surface area contributed by atoms with E-state index in [-0.39, 0.29) is 40.8 Å². The normalized spacial score (nSPS) is 34.4. The van der Waals surface area contributed by atoms with Crippen molar-refractivity contribution in [2.75, 3.05) is 7.11 Å². The average Bonchev–Trinajstić information content (AvgIpc) is 2.81. The molecule has 2 bridgehead atoms. The van der Waals surface area contributed by atoms with Crippen molar-refractivity contribution >= 4 is 5.97 Å². The molecular formula is C21H28O5. The maximum Gasteiger partial charge on any atom is 0.317 e. The Morgan fingerprint density at radius 3 is 2.54 bits per heavy atom. The van der Waals surface area contributed by atoms with Crippen molar-refractivity contribution in [3.63, 3.8) is 0 Å². The standard InChI is InChI=1S/C21H28O5/c1-10(2)11-9-12-13(15(23)14(11)22)21-8-6-7-20(3,4)18(21)17(16(12)25-5)26-19(21)24/h9-10,16-18,22-23H,6-8H2,1-5H3/t16-,17?,18-,21+/m0/s1. The minimum Gasteiger partial charge on any atom is -0.504 e. The SMILES string of the molecule is CO[C@H]1c2cc(C(C)C)c(O)c(O)c2[C@]23CCCC(C)(C)[C@@H]2C1OC3=O. The third kappa shape index (κ3) is 1.92. The van der Waals surface area contributed by atoms with E-state index in [4.69, 9.17) is 9.47 Å². The molecule has 5 heteroatoms. The van der Waals surface area contributed by atoms with Gasteiger partial charge in [0, 0.05) is 24.2 Å². The number of carbonyl (C=O) groups excluding carboxylic acids is 1. The Balaban J connectivity index is 2.08. The summed E-state index contributed by atoms with van der Waals surface area (Å²) in [5.41, 5.74) is 0.968. The molecule has 2 aliphatic carbocycles. The third-order valence-electron chi connectivity index (χ3n) is 6.96. The van der Waals surface area contributed by atoms with Gasteiger partial charge in [0.2, 0.25) is 0 Å². The first-order valence-corrected chi connectivity index (χ1v) is 9.50. The lowest BCUT2D eigenvalue weighted by molar-refractivity contribution is -0.149. The van der Waals surface area contributed by atoms with Crippen LogP contribution in [0.3, 0.4) is 0 Å². The number of rotatable bonds is 2. The molecule has 5 nitrogen and oxygen atoms in total. The van der Waals surface area contributed by atoms with Crippen LogP contribution in [0.25, 0.3) is 0 Å². The van der Waals surface area contributed by atoms with E-state index in [1.54, 1.807) is 7.11 Å². The molecule has 1 aliphatic heterocycles. The van der Waals surface area contributed by atoms with Crippen LogP contribution in [0.1, 0.15) is 75.7 Å². The molecule has 2 N–H and O–H groups in total. The summed E-state index contributed by atoms with van der Waals surface area (Å²) < 4.78 is 11.7. The molecule has 0 aromatic heterocycles. The van der Waals surface area contributed by atoms with Crippen molar-refractivity contribution in [3.05, 3.63) is 22.8 Å². The van der Waals surface area contributed by atoms with Crippen LogP contribution in [0.5, 0.6) is 11.5 Å². The number of aromatic hydroxyl groups is 2. The monoisotopic (exact) mass is 360 g/mol. The summed E-state index contributed by atoms with van der Waals surface area (Å²) in [4.78, 5) is 13.1. The van der Waals surface area contributed by atoms with Crippen LogP contribution in [-0.2, 0) is 19.7 Å². The van der Waals surface area contributed by atoms with Gasteiger partial charge in [0.1, 0.15) is 17.6 Å². The number of fused-ring (bicyclic) bond motifs is 1. The smallest absolute Gasteiger partial charge is 0.317 e. The predicted octanol–water partition coefficient (Wildman–Crippen LogP) is 3.91. The lowest BCUT2D eigenvalue weighted by Crippen LogP contribution is -2.54. The summed E-state index contributed by atoms with van der Waals surface area (Å²) in [5.74, 6) is -0.621. The molecule has 1 saturated heterocycles. The Kier molecular flexibility index (Phi) is 3.65. The molecule has 142 valence electrons. The molecular weight excluding hydrogens is 332 g/mol. The Morgan fingerprint density at radius 1 is 1.23 bits per heavy atom. The summed E-state index contributed by atoms with van der Waals surface area (Å²) in [6, 6.07) is 1.90. The summed E-state index contributed by atoms with van der Waals surface area (Å²) in [7, 11) is 1.61. The number of phenolic OH excluding ortho intramolecular Hbond substituents is 2. The first-order chi connectivity index (χ1) is 12.2. The fourth-order valence-electron chi connectivity index (χ4n) is 5.94. The maximum atomic E-state index is 13.1. The van der Waals surface area contributed by atoms with Crippen molar-refractivity contribution in [3.8, 4) is 11.5 Å². The first kappa shape index (κ1) is 17.7. The third-order valence-corrected chi connectivity index (χ3v) is 6.96. The van der Waals surface area contributed by atoms with Gasteiger partial charge in [0.05, 0.1) is 0 Å². The number of hydrogen-bond donors (Lipinski definition) is 2. The van der Waals surface area contributed by atoms with Gasteiger partial charge in [-0.05, 0) is 35.8 Å². The van der Waals surface area contributed by atoms with E-state index in [9.17, 15) is 15.0 Å². The quantitative estimate of drug-likeness (QED) is 0.618. The average molecular weight is 360 g/mol. The topological polar surface area (TPSA) is 76.0 Å². The largest absolute Gasteiger partial charge is 0.504 e. The molecule has 26 heavy (non-hydrogen) atoms. The van der Waals surface area contributed by atoms with E-state index >= 15 is 0 Å². The van der Waals surface area contributed by atoms with Crippen molar-refractivity contribution < 1.29 is 24.5 Å². The minimum absolute atomic E-state index is 0.0380. The number of hydrogen-bond acceptors (Lipinski definition) is 5. The van der Waals surface area contributed by atoms with Gasteiger partial charge in [-0.2, -0.15) is 0 Å². The zero-order valence-corrected chi connectivity index (χ0v) is 16.1. The van der Waals surface area contributed by atoms with Gasteiger partial charge in [0.15, 0.2) is 11.5 Å².